The molecule has 2 rings (SSSR count). The van der Waals surface area contributed by atoms with Gasteiger partial charge < -0.3 is 20.0 Å². The maximum Gasteiger partial charge on any atom is 0.160 e. The molecule has 0 bridgehead atoms. The van der Waals surface area contributed by atoms with Crippen molar-refractivity contribution in [3.63, 3.8) is 0 Å². The molecule has 0 saturated carbocycles. The monoisotopic (exact) mass is 278 g/mol. The number of hydrogen-bond acceptors (Lipinski definition) is 4. The van der Waals surface area contributed by atoms with Crippen LogP contribution < -0.4 is 0 Å². The highest BCUT2D eigenvalue weighted by Crippen LogP contribution is 2.30. The summed E-state index contributed by atoms with van der Waals surface area (Å²) in [5.41, 5.74) is 1.86. The smallest absolute Gasteiger partial charge is 0.160 e. The first kappa shape index (κ1) is 15.1. The molecule has 1 heterocycles. The second kappa shape index (κ2) is 6.95. The number of unbranched alkanes of at least 4 members (excludes halogenated alkanes) is 1. The molecule has 0 aromatic heterocycles. The van der Waals surface area contributed by atoms with Gasteiger partial charge in [0.25, 0.3) is 0 Å². The largest absolute Gasteiger partial charge is 0.504 e. The predicted octanol–water partition coefficient (Wildman–Crippen LogP) is 1.98. The van der Waals surface area contributed by atoms with Gasteiger partial charge >= 0.3 is 0 Å². The fourth-order valence-electron chi connectivity index (χ4n) is 2.71. The van der Waals surface area contributed by atoms with Crippen LogP contribution in [0, 0.1) is 6.92 Å². The molecule has 1 aromatic carbocycles. The molecular weight excluding hydrogens is 252 g/mol. The van der Waals surface area contributed by atoms with Crippen molar-refractivity contribution in [3.05, 3.63) is 23.3 Å². The molecule has 1 aromatic rings. The van der Waals surface area contributed by atoms with E-state index in [1.807, 2.05) is 13.0 Å². The zero-order valence-electron chi connectivity index (χ0n) is 12.6. The van der Waals surface area contributed by atoms with Gasteiger partial charge in [-0.3, -0.25) is 0 Å². The molecule has 4 nitrogen and oxygen atoms in total. The Balaban J connectivity index is 1.71. The summed E-state index contributed by atoms with van der Waals surface area (Å²) in [4.78, 5) is 4.90. The highest BCUT2D eigenvalue weighted by molar-refractivity contribution is 5.46. The molecule has 0 amide bonds. The van der Waals surface area contributed by atoms with Crippen LogP contribution in [0.2, 0.25) is 0 Å². The van der Waals surface area contributed by atoms with Gasteiger partial charge in [-0.2, -0.15) is 0 Å². The summed E-state index contributed by atoms with van der Waals surface area (Å²) >= 11 is 0. The third-order valence-electron chi connectivity index (χ3n) is 4.13. The summed E-state index contributed by atoms with van der Waals surface area (Å²) in [6.45, 7) is 7.68. The van der Waals surface area contributed by atoms with Crippen LogP contribution in [0.5, 0.6) is 11.5 Å². The second-order valence-corrected chi connectivity index (χ2v) is 5.88. The van der Waals surface area contributed by atoms with Gasteiger partial charge in [0.1, 0.15) is 0 Å². The lowest BCUT2D eigenvalue weighted by atomic mass is 10.0. The lowest BCUT2D eigenvalue weighted by Gasteiger charge is -2.32. The molecule has 1 saturated heterocycles. The minimum Gasteiger partial charge on any atom is -0.504 e. The highest BCUT2D eigenvalue weighted by atomic mass is 16.3. The number of aromatic hydroxyl groups is 2. The van der Waals surface area contributed by atoms with Crippen LogP contribution in [-0.4, -0.2) is 59.8 Å². The van der Waals surface area contributed by atoms with Crippen LogP contribution in [0.1, 0.15) is 24.0 Å². The van der Waals surface area contributed by atoms with Crippen molar-refractivity contribution in [2.45, 2.75) is 26.2 Å². The van der Waals surface area contributed by atoms with E-state index in [0.29, 0.717) is 0 Å². The van der Waals surface area contributed by atoms with Gasteiger partial charge in [-0.1, -0.05) is 6.07 Å². The predicted molar refractivity (Wildman–Crippen MR) is 81.4 cm³/mol. The molecule has 1 fully saturated rings. The van der Waals surface area contributed by atoms with E-state index < -0.39 is 0 Å². The number of benzene rings is 1. The van der Waals surface area contributed by atoms with E-state index in [1.165, 1.54) is 32.6 Å². The molecule has 0 radical (unpaired) electrons. The average Bonchev–Trinajstić information content (AvgIpc) is 2.43. The van der Waals surface area contributed by atoms with E-state index >= 15 is 0 Å². The zero-order chi connectivity index (χ0) is 14.5. The Morgan fingerprint density at radius 3 is 2.40 bits per heavy atom. The first-order chi connectivity index (χ1) is 9.56. The zero-order valence-corrected chi connectivity index (χ0v) is 12.6. The minimum atomic E-state index is -0.000863. The second-order valence-electron chi connectivity index (χ2n) is 5.88. The van der Waals surface area contributed by atoms with Crippen LogP contribution in [0.3, 0.4) is 0 Å². The molecule has 1 aliphatic rings. The lowest BCUT2D eigenvalue weighted by molar-refractivity contribution is 0.152. The van der Waals surface area contributed by atoms with Crippen LogP contribution >= 0.6 is 0 Å². The van der Waals surface area contributed by atoms with Crippen molar-refractivity contribution in [3.8, 4) is 11.5 Å². The minimum absolute atomic E-state index is 0.000863. The molecular formula is C16H26N2O2. The number of piperazine rings is 1. The third-order valence-corrected chi connectivity index (χ3v) is 4.13. The topological polar surface area (TPSA) is 46.9 Å². The number of rotatable bonds is 5. The van der Waals surface area contributed by atoms with Crippen LogP contribution in [0.15, 0.2) is 12.1 Å². The number of aryl methyl sites for hydroxylation is 2. The van der Waals surface area contributed by atoms with E-state index in [2.05, 4.69) is 16.8 Å². The molecule has 4 heteroatoms. The Kier molecular flexibility index (Phi) is 5.26. The van der Waals surface area contributed by atoms with Gasteiger partial charge in [0.15, 0.2) is 11.5 Å². The van der Waals surface area contributed by atoms with Crippen LogP contribution in [0.25, 0.3) is 0 Å². The summed E-state index contributed by atoms with van der Waals surface area (Å²) < 4.78 is 0. The molecule has 2 N–H and O–H groups in total. The Morgan fingerprint density at radius 1 is 1.05 bits per heavy atom. The van der Waals surface area contributed by atoms with Crippen molar-refractivity contribution in [2.75, 3.05) is 39.8 Å². The number of phenolic OH excluding ortho intramolecular Hbond substituents is 2. The third kappa shape index (κ3) is 4.12. The Labute approximate surface area is 121 Å². The summed E-state index contributed by atoms with van der Waals surface area (Å²) in [5.74, 6) is 0.00487. The summed E-state index contributed by atoms with van der Waals surface area (Å²) in [7, 11) is 2.18. The van der Waals surface area contributed by atoms with Crippen molar-refractivity contribution in [1.82, 2.24) is 9.80 Å². The molecule has 20 heavy (non-hydrogen) atoms. The summed E-state index contributed by atoms with van der Waals surface area (Å²) in [5, 5.41) is 19.1. The maximum absolute atomic E-state index is 9.60. The quantitative estimate of drug-likeness (QED) is 0.638. The van der Waals surface area contributed by atoms with E-state index in [4.69, 9.17) is 0 Å². The number of phenols is 2. The number of hydrogen-bond donors (Lipinski definition) is 2. The Bertz CT molecular complexity index is 417. The fraction of sp³-hybridized carbons (Fsp3) is 0.625. The highest BCUT2D eigenvalue weighted by Gasteiger charge is 2.12. The van der Waals surface area contributed by atoms with E-state index in [9.17, 15) is 10.2 Å². The van der Waals surface area contributed by atoms with Gasteiger partial charge in [-0.15, -0.1) is 0 Å². The molecule has 0 atom stereocenters. The first-order valence-corrected chi connectivity index (χ1v) is 7.48. The van der Waals surface area contributed by atoms with Crippen molar-refractivity contribution < 1.29 is 10.2 Å². The van der Waals surface area contributed by atoms with Crippen LogP contribution in [0.4, 0.5) is 0 Å². The van der Waals surface area contributed by atoms with Gasteiger partial charge in [-0.25, -0.2) is 0 Å². The number of likely N-dealkylation sites (N-methyl/N-ethyl adjacent to an activating group) is 1. The van der Waals surface area contributed by atoms with Gasteiger partial charge in [0, 0.05) is 26.2 Å². The normalized spacial score (nSPS) is 17.5. The summed E-state index contributed by atoms with van der Waals surface area (Å²) in [6, 6.07) is 3.64. The number of nitrogens with zero attached hydrogens (tertiary/aromatic N) is 2. The van der Waals surface area contributed by atoms with E-state index in [1.54, 1.807) is 6.07 Å². The van der Waals surface area contributed by atoms with Gasteiger partial charge in [0.2, 0.25) is 0 Å². The SMILES string of the molecule is Cc1cc(CCCCN2CCN(C)CC2)cc(O)c1O. The van der Waals surface area contributed by atoms with E-state index in [-0.39, 0.29) is 11.5 Å². The lowest BCUT2D eigenvalue weighted by Crippen LogP contribution is -2.44. The summed E-state index contributed by atoms with van der Waals surface area (Å²) in [6.07, 6.45) is 3.27. The van der Waals surface area contributed by atoms with Crippen molar-refractivity contribution in [1.29, 1.82) is 0 Å². The average molecular weight is 278 g/mol. The Hall–Kier alpha value is -1.26. The standard InChI is InChI=1S/C16H26N2O2/c1-13-11-14(12-15(19)16(13)20)5-3-4-6-18-9-7-17(2)8-10-18/h11-12,19-20H,3-10H2,1-2H3. The first-order valence-electron chi connectivity index (χ1n) is 7.48. The fourth-order valence-corrected chi connectivity index (χ4v) is 2.71. The maximum atomic E-state index is 9.60. The molecule has 0 aliphatic carbocycles. The molecule has 1 aliphatic heterocycles. The van der Waals surface area contributed by atoms with Gasteiger partial charge in [-0.05, 0) is 57.0 Å². The van der Waals surface area contributed by atoms with Crippen molar-refractivity contribution >= 4 is 0 Å². The van der Waals surface area contributed by atoms with Crippen LogP contribution in [-0.2, 0) is 6.42 Å². The van der Waals surface area contributed by atoms with E-state index in [0.717, 1.165) is 30.5 Å². The Morgan fingerprint density at radius 2 is 1.75 bits per heavy atom. The molecule has 112 valence electrons. The molecule has 0 unspecified atom stereocenters. The van der Waals surface area contributed by atoms with Crippen molar-refractivity contribution in [2.24, 2.45) is 0 Å². The molecule has 0 spiro atoms. The van der Waals surface area contributed by atoms with Gasteiger partial charge in [0.05, 0.1) is 0 Å².